The molecule has 0 saturated carbocycles. The van der Waals surface area contributed by atoms with Crippen LogP contribution < -0.4 is 0 Å². The third-order valence-corrected chi connectivity index (χ3v) is 6.01. The Morgan fingerprint density at radius 1 is 1.08 bits per heavy atom. The molecule has 0 saturated heterocycles. The van der Waals surface area contributed by atoms with E-state index in [1.807, 2.05) is 12.1 Å². The third kappa shape index (κ3) is 2.09. The summed E-state index contributed by atoms with van der Waals surface area (Å²) in [5.41, 5.74) is 5.04. The molecule has 26 heavy (non-hydrogen) atoms. The number of benzene rings is 2. The molecule has 3 aromatic rings. The number of carbonyl (C=O) groups is 1. The first-order valence-corrected chi connectivity index (χ1v) is 9.22. The molecule has 3 aliphatic rings. The van der Waals surface area contributed by atoms with Crippen LogP contribution in [0.1, 0.15) is 57.6 Å². The molecule has 2 unspecified atom stereocenters. The molecule has 3 aliphatic carbocycles. The second-order valence-electron chi connectivity index (χ2n) is 6.77. The minimum Gasteiger partial charge on any atom is -0.476 e. The lowest BCUT2D eigenvalue weighted by Crippen LogP contribution is -2.26. The monoisotopic (exact) mass is 384 g/mol. The first kappa shape index (κ1) is 15.9. The van der Waals surface area contributed by atoms with Crippen LogP contribution >= 0.6 is 23.2 Å². The maximum absolute atomic E-state index is 11.9. The maximum atomic E-state index is 11.9. The molecule has 2 bridgehead atoms. The minimum absolute atomic E-state index is 0.0668. The molecule has 2 atom stereocenters. The molecule has 4 nitrogen and oxygen atoms in total. The maximum Gasteiger partial charge on any atom is 0.356 e. The number of nitrogens with zero attached hydrogens (tertiary/aromatic N) is 2. The number of rotatable bonds is 2. The van der Waals surface area contributed by atoms with E-state index in [9.17, 15) is 9.90 Å². The van der Waals surface area contributed by atoms with Crippen LogP contribution in [0.5, 0.6) is 0 Å². The zero-order chi connectivity index (χ0) is 18.0. The quantitative estimate of drug-likeness (QED) is 0.656. The van der Waals surface area contributed by atoms with Crippen molar-refractivity contribution < 1.29 is 9.90 Å². The molecule has 1 N–H and O–H groups in total. The van der Waals surface area contributed by atoms with Gasteiger partial charge in [-0.25, -0.2) is 9.48 Å². The van der Waals surface area contributed by atoms with Crippen molar-refractivity contribution in [2.24, 2.45) is 0 Å². The van der Waals surface area contributed by atoms with E-state index in [4.69, 9.17) is 23.2 Å². The molecule has 2 aromatic carbocycles. The Labute approximate surface area is 160 Å². The fourth-order valence-electron chi connectivity index (χ4n) is 4.49. The molecular weight excluding hydrogens is 371 g/mol. The summed E-state index contributed by atoms with van der Waals surface area (Å²) in [6.07, 6.45) is 1.92. The first-order valence-electron chi connectivity index (χ1n) is 8.46. The van der Waals surface area contributed by atoms with Crippen LogP contribution in [0.15, 0.2) is 42.5 Å². The van der Waals surface area contributed by atoms with Crippen molar-refractivity contribution in [3.8, 4) is 5.69 Å². The van der Waals surface area contributed by atoms with Gasteiger partial charge in [-0.2, -0.15) is 5.10 Å². The number of hydrogen-bond acceptors (Lipinski definition) is 2. The van der Waals surface area contributed by atoms with Crippen LogP contribution in [0.25, 0.3) is 5.69 Å². The Morgan fingerprint density at radius 2 is 1.77 bits per heavy atom. The van der Waals surface area contributed by atoms with Gasteiger partial charge >= 0.3 is 5.97 Å². The molecule has 1 aromatic heterocycles. The van der Waals surface area contributed by atoms with Crippen LogP contribution in [0.4, 0.5) is 0 Å². The number of carboxylic acid groups (broad SMARTS) is 1. The molecule has 0 spiro atoms. The SMILES string of the molecule is O=C(O)c1nn(-c2ccc(Cl)cc2Cl)c2c1C1CCC2c2ccccc21. The van der Waals surface area contributed by atoms with E-state index in [0.29, 0.717) is 15.7 Å². The Kier molecular flexibility index (Phi) is 3.43. The van der Waals surface area contributed by atoms with Gasteiger partial charge in [-0.15, -0.1) is 0 Å². The summed E-state index contributed by atoms with van der Waals surface area (Å²) >= 11 is 12.4. The van der Waals surface area contributed by atoms with Crippen molar-refractivity contribution >= 4 is 29.2 Å². The van der Waals surface area contributed by atoms with Gasteiger partial charge in [0.05, 0.1) is 16.4 Å². The lowest BCUT2D eigenvalue weighted by Gasteiger charge is -2.38. The van der Waals surface area contributed by atoms with Crippen molar-refractivity contribution in [1.82, 2.24) is 9.78 Å². The zero-order valence-corrected chi connectivity index (χ0v) is 15.1. The van der Waals surface area contributed by atoms with Crippen LogP contribution in [-0.2, 0) is 0 Å². The number of hydrogen-bond donors (Lipinski definition) is 1. The van der Waals surface area contributed by atoms with E-state index >= 15 is 0 Å². The average molecular weight is 385 g/mol. The highest BCUT2D eigenvalue weighted by Gasteiger charge is 2.43. The van der Waals surface area contributed by atoms with Crippen LogP contribution in [0.2, 0.25) is 10.0 Å². The molecule has 130 valence electrons. The summed E-state index contributed by atoms with van der Waals surface area (Å²) in [7, 11) is 0. The van der Waals surface area contributed by atoms with E-state index in [-0.39, 0.29) is 17.5 Å². The van der Waals surface area contributed by atoms with Crippen molar-refractivity contribution in [3.05, 3.63) is 80.6 Å². The van der Waals surface area contributed by atoms with Gasteiger partial charge in [0.2, 0.25) is 0 Å². The molecule has 0 radical (unpaired) electrons. The van der Waals surface area contributed by atoms with Gasteiger partial charge in [-0.3, -0.25) is 0 Å². The third-order valence-electron chi connectivity index (χ3n) is 5.47. The standard InChI is InChI=1S/C20H14Cl2N2O2/c21-10-5-8-16(15(22)9-10)24-19-14-7-6-13(11-3-1-2-4-12(11)14)17(19)18(23-24)20(25)26/h1-5,8-9,13-14H,6-7H2,(H,25,26). The van der Waals surface area contributed by atoms with Gasteiger partial charge in [0.15, 0.2) is 5.69 Å². The Morgan fingerprint density at radius 3 is 2.46 bits per heavy atom. The number of carboxylic acids is 1. The largest absolute Gasteiger partial charge is 0.476 e. The van der Waals surface area contributed by atoms with Gasteiger partial charge in [-0.1, -0.05) is 47.5 Å². The predicted octanol–water partition coefficient (Wildman–Crippen LogP) is 5.25. The number of fused-ring (bicyclic) bond motifs is 1. The number of aromatic carboxylic acids is 1. The molecule has 0 aliphatic heterocycles. The van der Waals surface area contributed by atoms with E-state index < -0.39 is 5.97 Å². The molecule has 1 heterocycles. The van der Waals surface area contributed by atoms with Crippen molar-refractivity contribution in [2.45, 2.75) is 24.7 Å². The van der Waals surface area contributed by atoms with Gasteiger partial charge < -0.3 is 5.11 Å². The highest BCUT2D eigenvalue weighted by molar-refractivity contribution is 6.35. The number of aromatic nitrogens is 2. The fourth-order valence-corrected chi connectivity index (χ4v) is 4.98. The second-order valence-corrected chi connectivity index (χ2v) is 7.62. The molecule has 0 amide bonds. The molecule has 0 fully saturated rings. The molecular formula is C20H14Cl2N2O2. The summed E-state index contributed by atoms with van der Waals surface area (Å²) in [5, 5.41) is 15.2. The Balaban J connectivity index is 1.82. The van der Waals surface area contributed by atoms with E-state index in [2.05, 4.69) is 17.2 Å². The summed E-state index contributed by atoms with van der Waals surface area (Å²) in [6.45, 7) is 0. The van der Waals surface area contributed by atoms with Crippen LogP contribution in [-0.4, -0.2) is 20.9 Å². The van der Waals surface area contributed by atoms with Gasteiger partial charge in [0.25, 0.3) is 0 Å². The van der Waals surface area contributed by atoms with E-state index in [0.717, 1.165) is 24.1 Å². The van der Waals surface area contributed by atoms with Crippen molar-refractivity contribution in [2.75, 3.05) is 0 Å². The van der Waals surface area contributed by atoms with Crippen molar-refractivity contribution in [3.63, 3.8) is 0 Å². The lowest BCUT2D eigenvalue weighted by atomic mass is 9.65. The smallest absolute Gasteiger partial charge is 0.356 e. The molecule has 6 heteroatoms. The summed E-state index contributed by atoms with van der Waals surface area (Å²) < 4.78 is 1.71. The van der Waals surface area contributed by atoms with Gasteiger partial charge in [0, 0.05) is 22.4 Å². The Bertz CT molecular complexity index is 1070. The van der Waals surface area contributed by atoms with Gasteiger partial charge in [0.1, 0.15) is 0 Å². The average Bonchev–Trinajstić information content (AvgIpc) is 3.04. The summed E-state index contributed by atoms with van der Waals surface area (Å²) in [4.78, 5) is 11.9. The highest BCUT2D eigenvalue weighted by atomic mass is 35.5. The van der Waals surface area contributed by atoms with Gasteiger partial charge in [-0.05, 0) is 42.2 Å². The first-order chi connectivity index (χ1) is 12.6. The fraction of sp³-hybridized carbons (Fsp3) is 0.200. The van der Waals surface area contributed by atoms with Crippen LogP contribution in [0, 0.1) is 0 Å². The predicted molar refractivity (Wildman–Crippen MR) is 99.9 cm³/mol. The minimum atomic E-state index is -1.00. The van der Waals surface area contributed by atoms with Crippen molar-refractivity contribution in [1.29, 1.82) is 0 Å². The summed E-state index contributed by atoms with van der Waals surface area (Å²) in [5.74, 6) is -0.814. The number of halogens is 2. The normalized spacial score (nSPS) is 19.9. The summed E-state index contributed by atoms with van der Waals surface area (Å²) in [6, 6.07) is 13.5. The Hall–Kier alpha value is -2.30. The van der Waals surface area contributed by atoms with E-state index in [1.54, 1.807) is 22.9 Å². The lowest BCUT2D eigenvalue weighted by molar-refractivity contribution is 0.0688. The topological polar surface area (TPSA) is 55.1 Å². The molecule has 6 rings (SSSR count). The van der Waals surface area contributed by atoms with Crippen LogP contribution in [0.3, 0.4) is 0 Å². The highest BCUT2D eigenvalue weighted by Crippen LogP contribution is 2.54. The second kappa shape index (κ2) is 5.60. The van der Waals surface area contributed by atoms with E-state index in [1.165, 1.54) is 11.1 Å². The zero-order valence-electron chi connectivity index (χ0n) is 13.6.